The van der Waals surface area contributed by atoms with Crippen LogP contribution in [-0.4, -0.2) is 96.7 Å². The number of carbonyl (C=O) groups excluding carboxylic acids is 4. The highest BCUT2D eigenvalue weighted by atomic mass is 31.2. The molecular weight excluding hydrogens is 1330 g/mol. The van der Waals surface area contributed by atoms with E-state index in [0.717, 1.165) is 205 Å². The molecule has 0 spiro atoms. The molecule has 0 saturated carbocycles. The van der Waals surface area contributed by atoms with E-state index in [1.54, 1.807) is 0 Å². The summed E-state index contributed by atoms with van der Waals surface area (Å²) in [5.41, 5.74) is 0. The van der Waals surface area contributed by atoms with Crippen molar-refractivity contribution in [2.45, 2.75) is 303 Å². The minimum Gasteiger partial charge on any atom is -0.462 e. The first kappa shape index (κ1) is 96.7. The lowest BCUT2D eigenvalue weighted by Gasteiger charge is -2.21. The Kier molecular flexibility index (Phi) is 70.1. The number of aliphatic hydroxyl groups excluding tert-OH is 1. The first-order chi connectivity index (χ1) is 49.7. The molecule has 102 heavy (non-hydrogen) atoms. The second kappa shape index (κ2) is 74.0. The van der Waals surface area contributed by atoms with E-state index >= 15 is 0 Å². The third-order valence-electron chi connectivity index (χ3n) is 15.4. The van der Waals surface area contributed by atoms with Gasteiger partial charge in [-0.15, -0.1) is 0 Å². The molecule has 0 aliphatic heterocycles. The third-order valence-corrected chi connectivity index (χ3v) is 17.4. The quantitative estimate of drug-likeness (QED) is 0.0169. The van der Waals surface area contributed by atoms with Gasteiger partial charge in [0.05, 0.1) is 26.4 Å². The van der Waals surface area contributed by atoms with Gasteiger partial charge in [0.25, 0.3) is 0 Å². The summed E-state index contributed by atoms with van der Waals surface area (Å²) in [5, 5.41) is 10.6. The van der Waals surface area contributed by atoms with Crippen LogP contribution in [0.1, 0.15) is 285 Å². The van der Waals surface area contributed by atoms with Crippen LogP contribution in [0.5, 0.6) is 0 Å². The van der Waals surface area contributed by atoms with Gasteiger partial charge >= 0.3 is 39.5 Å². The van der Waals surface area contributed by atoms with Crippen molar-refractivity contribution in [3.63, 3.8) is 0 Å². The molecule has 5 unspecified atom stereocenters. The molecule has 17 nitrogen and oxygen atoms in total. The SMILES string of the molecule is CC/C=C\C/C=C\C/C=C\C/C=C\CCCCCCCCC(=O)OCC(COP(=O)(O)OCC(O)COP(=O)(O)OCC(COC(=O)CCCC/C=C\C/C=C\C/C=C\C/C=C\CC)OC(=O)CCCCCCC/C=C\C/C=C\CCC)OC(=O)CCCCCCC/C=C\C/C=C\C/C=C\CC. The monoisotopic (exact) mass is 1470 g/mol. The van der Waals surface area contributed by atoms with Crippen LogP contribution in [0.4, 0.5) is 0 Å². The smallest absolute Gasteiger partial charge is 0.462 e. The van der Waals surface area contributed by atoms with Crippen LogP contribution in [-0.2, 0) is 65.4 Å². The molecule has 0 saturated heterocycles. The van der Waals surface area contributed by atoms with E-state index in [9.17, 15) is 43.2 Å². The van der Waals surface area contributed by atoms with Crippen molar-refractivity contribution in [3.8, 4) is 0 Å². The summed E-state index contributed by atoms with van der Waals surface area (Å²) in [6.45, 7) is 4.35. The Morgan fingerprint density at radius 1 is 0.284 bits per heavy atom. The first-order valence-corrected chi connectivity index (χ1v) is 41.7. The number of allylic oxidation sites excluding steroid dienone is 26. The zero-order chi connectivity index (χ0) is 74.6. The van der Waals surface area contributed by atoms with Crippen LogP contribution in [0.3, 0.4) is 0 Å². The van der Waals surface area contributed by atoms with Crippen molar-refractivity contribution < 1.29 is 80.2 Å². The van der Waals surface area contributed by atoms with Gasteiger partial charge in [-0.25, -0.2) is 9.13 Å². The second-order valence-corrected chi connectivity index (χ2v) is 28.1. The fourth-order valence-corrected chi connectivity index (χ4v) is 11.2. The van der Waals surface area contributed by atoms with Crippen LogP contribution >= 0.6 is 15.6 Å². The lowest BCUT2D eigenvalue weighted by atomic mass is 10.1. The largest absolute Gasteiger partial charge is 0.472 e. The molecule has 19 heteroatoms. The van der Waals surface area contributed by atoms with Gasteiger partial charge in [0.1, 0.15) is 19.3 Å². The average Bonchev–Trinajstić information content (AvgIpc) is 0.924. The zero-order valence-electron chi connectivity index (χ0n) is 63.2. The van der Waals surface area contributed by atoms with Gasteiger partial charge in [-0.1, -0.05) is 256 Å². The number of unbranched alkanes of at least 4 members (excludes halogenated alkanes) is 19. The predicted octanol–water partition coefficient (Wildman–Crippen LogP) is 22.4. The van der Waals surface area contributed by atoms with Crippen molar-refractivity contribution in [1.29, 1.82) is 0 Å². The number of carbonyl (C=O) groups is 4. The molecule has 5 atom stereocenters. The lowest BCUT2D eigenvalue weighted by molar-refractivity contribution is -0.161. The van der Waals surface area contributed by atoms with Crippen LogP contribution in [0.15, 0.2) is 158 Å². The minimum atomic E-state index is -4.99. The molecule has 0 amide bonds. The number of esters is 4. The average molecular weight is 1470 g/mol. The number of aliphatic hydroxyl groups is 1. The number of rotatable bonds is 71. The maximum Gasteiger partial charge on any atom is 0.472 e. The zero-order valence-corrected chi connectivity index (χ0v) is 65.0. The van der Waals surface area contributed by atoms with E-state index < -0.39 is 97.5 Å². The molecule has 0 aromatic heterocycles. The molecule has 0 aliphatic carbocycles. The van der Waals surface area contributed by atoms with E-state index in [1.807, 2.05) is 0 Å². The molecule has 580 valence electrons. The van der Waals surface area contributed by atoms with E-state index in [2.05, 4.69) is 186 Å². The summed E-state index contributed by atoms with van der Waals surface area (Å²) in [6.07, 6.45) is 85.2. The fraction of sp³-hybridized carbons (Fsp3) is 0.639. The number of phosphoric acid groups is 2. The van der Waals surface area contributed by atoms with Gasteiger partial charge in [-0.05, 0) is 161 Å². The molecule has 0 radical (unpaired) electrons. The highest BCUT2D eigenvalue weighted by Crippen LogP contribution is 2.45. The topological polar surface area (TPSA) is 237 Å². The van der Waals surface area contributed by atoms with E-state index in [1.165, 1.54) is 0 Å². The Hall–Kier alpha value is -5.32. The van der Waals surface area contributed by atoms with E-state index in [-0.39, 0.29) is 25.7 Å². The van der Waals surface area contributed by atoms with Gasteiger partial charge in [0.2, 0.25) is 0 Å². The Labute approximate surface area is 617 Å². The van der Waals surface area contributed by atoms with Gasteiger partial charge in [-0.3, -0.25) is 37.3 Å². The van der Waals surface area contributed by atoms with Crippen molar-refractivity contribution >= 4 is 39.5 Å². The minimum absolute atomic E-state index is 0.0643. The van der Waals surface area contributed by atoms with E-state index in [0.29, 0.717) is 25.7 Å². The fourth-order valence-electron chi connectivity index (χ4n) is 9.66. The van der Waals surface area contributed by atoms with Gasteiger partial charge in [-0.2, -0.15) is 0 Å². The normalized spacial score (nSPS) is 14.8. The van der Waals surface area contributed by atoms with Crippen LogP contribution in [0.2, 0.25) is 0 Å². The predicted molar refractivity (Wildman–Crippen MR) is 417 cm³/mol. The number of phosphoric ester groups is 2. The summed E-state index contributed by atoms with van der Waals surface area (Å²) >= 11 is 0. The summed E-state index contributed by atoms with van der Waals surface area (Å²) in [4.78, 5) is 72.9. The maximum absolute atomic E-state index is 13.1. The molecule has 0 aliphatic rings. The summed E-state index contributed by atoms with van der Waals surface area (Å²) in [7, 11) is -9.99. The lowest BCUT2D eigenvalue weighted by Crippen LogP contribution is -2.30. The summed E-state index contributed by atoms with van der Waals surface area (Å²) < 4.78 is 68.5. The summed E-state index contributed by atoms with van der Waals surface area (Å²) in [6, 6.07) is 0. The highest BCUT2D eigenvalue weighted by molar-refractivity contribution is 7.47. The van der Waals surface area contributed by atoms with Gasteiger partial charge in [0.15, 0.2) is 12.2 Å². The summed E-state index contributed by atoms with van der Waals surface area (Å²) in [5.74, 6) is -2.28. The standard InChI is InChI=1S/C83H136O17P2/c1-5-9-13-17-21-25-29-33-36-37-38-39-42-45-48-52-56-60-64-68-81(86)94-74-79(100-83(88)70-66-62-58-54-50-46-41-35-31-27-23-19-15-11-7-3)76-98-102(91,92)96-72-77(84)71-95-101(89,90)97-75-78(99-82(87)69-65-61-57-53-49-43-32-28-24-20-16-12-8-4)73-93-80(85)67-63-59-55-51-47-44-40-34-30-26-22-18-14-10-6-2/h9-11,13-16,20-23,25-28,32-36,38-41,47,51,77-79,84H,5-8,12,17-19,24,29-31,37,42-46,48-50,52-76H2,1-4H3,(H,89,90)(H,91,92)/b13-9-,14-10-,15-11-,20-16-,25-21-,26-22-,27-23-,32-28-,36-33-,39-38-,40-34-,41-35-,51-47-. The number of hydrogen-bond donors (Lipinski definition) is 3. The molecule has 3 N–H and O–H groups in total. The van der Waals surface area contributed by atoms with Crippen LogP contribution in [0.25, 0.3) is 0 Å². The molecule has 0 aromatic rings. The molecule has 0 bridgehead atoms. The Bertz CT molecular complexity index is 2550. The maximum atomic E-state index is 13.1. The Morgan fingerprint density at radius 3 is 0.804 bits per heavy atom. The Balaban J connectivity index is 5.42. The van der Waals surface area contributed by atoms with Gasteiger partial charge in [0, 0.05) is 25.7 Å². The molecular formula is C83H136O17P2. The van der Waals surface area contributed by atoms with Crippen molar-refractivity contribution in [2.75, 3.05) is 39.6 Å². The van der Waals surface area contributed by atoms with Crippen molar-refractivity contribution in [3.05, 3.63) is 158 Å². The molecule has 0 rings (SSSR count). The van der Waals surface area contributed by atoms with Crippen molar-refractivity contribution in [2.24, 2.45) is 0 Å². The number of hydrogen-bond acceptors (Lipinski definition) is 15. The molecule has 0 fully saturated rings. The number of ether oxygens (including phenoxy) is 4. The van der Waals surface area contributed by atoms with Gasteiger partial charge < -0.3 is 33.8 Å². The van der Waals surface area contributed by atoms with Crippen LogP contribution in [0, 0.1) is 0 Å². The molecule has 0 heterocycles. The second-order valence-electron chi connectivity index (χ2n) is 25.1. The van der Waals surface area contributed by atoms with Crippen molar-refractivity contribution in [1.82, 2.24) is 0 Å². The first-order valence-electron chi connectivity index (χ1n) is 38.7. The highest BCUT2D eigenvalue weighted by Gasteiger charge is 2.30. The van der Waals surface area contributed by atoms with Crippen LogP contribution < -0.4 is 0 Å². The third kappa shape index (κ3) is 73.0. The van der Waals surface area contributed by atoms with E-state index in [4.69, 9.17) is 37.0 Å². The molecule has 0 aromatic carbocycles. The Morgan fingerprint density at radius 2 is 0.510 bits per heavy atom.